The van der Waals surface area contributed by atoms with E-state index in [4.69, 9.17) is 4.74 Å². The van der Waals surface area contributed by atoms with Gasteiger partial charge in [0.2, 0.25) is 0 Å². The summed E-state index contributed by atoms with van der Waals surface area (Å²) in [6.07, 6.45) is 5.46. The molecule has 0 heterocycles. The lowest BCUT2D eigenvalue weighted by Crippen LogP contribution is -2.47. The first-order valence-electron chi connectivity index (χ1n) is 7.04. The van der Waals surface area contributed by atoms with Gasteiger partial charge in [-0.25, -0.2) is 0 Å². The third kappa shape index (κ3) is 3.74. The smallest absolute Gasteiger partial charge is 0.131 e. The van der Waals surface area contributed by atoms with E-state index in [1.165, 1.54) is 6.42 Å². The first kappa shape index (κ1) is 15.6. The minimum atomic E-state index is -0.839. The van der Waals surface area contributed by atoms with Crippen molar-refractivity contribution >= 4 is 0 Å². The number of allylic oxidation sites excluding steroid dienone is 2. The van der Waals surface area contributed by atoms with Gasteiger partial charge in [0, 0.05) is 6.42 Å². The molecular weight excluding hydrogens is 224 g/mol. The quantitative estimate of drug-likeness (QED) is 0.814. The monoisotopic (exact) mass is 254 g/mol. The summed E-state index contributed by atoms with van der Waals surface area (Å²) in [4.78, 5) is 0. The maximum Gasteiger partial charge on any atom is 0.131 e. The van der Waals surface area contributed by atoms with E-state index >= 15 is 0 Å². The first-order chi connectivity index (χ1) is 7.93. The van der Waals surface area contributed by atoms with E-state index in [2.05, 4.69) is 26.8 Å². The van der Waals surface area contributed by atoms with E-state index in [1.807, 2.05) is 13.8 Å². The van der Waals surface area contributed by atoms with Gasteiger partial charge in [-0.1, -0.05) is 20.8 Å². The van der Waals surface area contributed by atoms with Crippen molar-refractivity contribution in [2.24, 2.45) is 11.3 Å². The topological polar surface area (TPSA) is 29.5 Å². The van der Waals surface area contributed by atoms with Crippen molar-refractivity contribution in [3.8, 4) is 0 Å². The highest BCUT2D eigenvalue weighted by atomic mass is 16.5. The SMILES string of the molecule is CC(C)(C)C1CC=C(OC(C)(C)C(C)(C)O)CC1. The highest BCUT2D eigenvalue weighted by Crippen LogP contribution is 2.39. The normalized spacial score (nSPS) is 22.7. The molecule has 2 nitrogen and oxygen atoms in total. The zero-order valence-electron chi connectivity index (χ0n) is 13.1. The Morgan fingerprint density at radius 1 is 1.11 bits per heavy atom. The Hall–Kier alpha value is -0.500. The predicted molar refractivity (Wildman–Crippen MR) is 76.3 cm³/mol. The van der Waals surface area contributed by atoms with Gasteiger partial charge >= 0.3 is 0 Å². The summed E-state index contributed by atoms with van der Waals surface area (Å²) in [6, 6.07) is 0. The van der Waals surface area contributed by atoms with Crippen molar-refractivity contribution in [3.05, 3.63) is 11.8 Å². The van der Waals surface area contributed by atoms with Crippen LogP contribution in [0.15, 0.2) is 11.8 Å². The van der Waals surface area contributed by atoms with Crippen LogP contribution in [0.4, 0.5) is 0 Å². The average Bonchev–Trinajstić information content (AvgIpc) is 2.14. The van der Waals surface area contributed by atoms with Gasteiger partial charge in [-0.2, -0.15) is 0 Å². The molecule has 0 saturated carbocycles. The molecule has 2 heteroatoms. The van der Waals surface area contributed by atoms with E-state index < -0.39 is 11.2 Å². The van der Waals surface area contributed by atoms with E-state index in [0.29, 0.717) is 5.41 Å². The van der Waals surface area contributed by atoms with Gasteiger partial charge in [-0.15, -0.1) is 0 Å². The van der Waals surface area contributed by atoms with Gasteiger partial charge < -0.3 is 9.84 Å². The van der Waals surface area contributed by atoms with Gasteiger partial charge in [0.05, 0.1) is 11.4 Å². The third-order valence-corrected chi connectivity index (χ3v) is 4.45. The second-order valence-electron chi connectivity index (χ2n) is 7.68. The van der Waals surface area contributed by atoms with Gasteiger partial charge in [-0.3, -0.25) is 0 Å². The van der Waals surface area contributed by atoms with Crippen LogP contribution in [0.5, 0.6) is 0 Å². The Morgan fingerprint density at radius 3 is 2.00 bits per heavy atom. The van der Waals surface area contributed by atoms with Crippen LogP contribution in [0.2, 0.25) is 0 Å². The molecule has 0 saturated heterocycles. The van der Waals surface area contributed by atoms with Gasteiger partial charge in [0.25, 0.3) is 0 Å². The van der Waals surface area contributed by atoms with Crippen LogP contribution in [-0.4, -0.2) is 16.3 Å². The van der Waals surface area contributed by atoms with Crippen molar-refractivity contribution in [2.75, 3.05) is 0 Å². The lowest BCUT2D eigenvalue weighted by Gasteiger charge is -2.40. The van der Waals surface area contributed by atoms with E-state index in [9.17, 15) is 5.11 Å². The van der Waals surface area contributed by atoms with Gasteiger partial charge in [0.15, 0.2) is 0 Å². The summed E-state index contributed by atoms with van der Waals surface area (Å²) in [5.41, 5.74) is -1.02. The molecule has 18 heavy (non-hydrogen) atoms. The molecule has 1 aliphatic rings. The number of hydrogen-bond acceptors (Lipinski definition) is 2. The number of ether oxygens (including phenoxy) is 1. The van der Waals surface area contributed by atoms with E-state index in [0.717, 1.165) is 24.5 Å². The highest BCUT2D eigenvalue weighted by Gasteiger charge is 2.38. The van der Waals surface area contributed by atoms with Crippen LogP contribution >= 0.6 is 0 Å². The van der Waals surface area contributed by atoms with Crippen LogP contribution in [0, 0.1) is 11.3 Å². The van der Waals surface area contributed by atoms with E-state index in [1.54, 1.807) is 13.8 Å². The van der Waals surface area contributed by atoms with Crippen LogP contribution in [0.25, 0.3) is 0 Å². The molecule has 1 aliphatic carbocycles. The fraction of sp³-hybridized carbons (Fsp3) is 0.875. The van der Waals surface area contributed by atoms with Gasteiger partial charge in [0.1, 0.15) is 5.60 Å². The Balaban J connectivity index is 2.65. The van der Waals surface area contributed by atoms with Crippen molar-refractivity contribution in [1.82, 2.24) is 0 Å². The van der Waals surface area contributed by atoms with Crippen LogP contribution in [0.1, 0.15) is 67.7 Å². The average molecular weight is 254 g/mol. The van der Waals surface area contributed by atoms with Crippen molar-refractivity contribution in [1.29, 1.82) is 0 Å². The second kappa shape index (κ2) is 4.88. The molecule has 0 fully saturated rings. The first-order valence-corrected chi connectivity index (χ1v) is 7.04. The predicted octanol–water partition coefficient (Wildman–Crippen LogP) is 4.28. The molecule has 1 unspecified atom stereocenters. The summed E-state index contributed by atoms with van der Waals surface area (Å²) >= 11 is 0. The molecule has 0 aromatic heterocycles. The van der Waals surface area contributed by atoms with Crippen LogP contribution < -0.4 is 0 Å². The molecule has 0 aliphatic heterocycles. The van der Waals surface area contributed by atoms with Crippen molar-refractivity contribution in [2.45, 2.75) is 78.9 Å². The lowest BCUT2D eigenvalue weighted by atomic mass is 9.74. The zero-order valence-corrected chi connectivity index (χ0v) is 13.1. The number of hydrogen-bond donors (Lipinski definition) is 1. The Morgan fingerprint density at radius 2 is 1.67 bits per heavy atom. The Labute approximate surface area is 112 Å². The molecular formula is C16H30O2. The molecule has 0 spiro atoms. The summed E-state index contributed by atoms with van der Waals surface area (Å²) < 4.78 is 6.02. The maximum absolute atomic E-state index is 10.1. The number of aliphatic hydroxyl groups is 1. The molecule has 1 rings (SSSR count). The molecule has 0 bridgehead atoms. The molecule has 0 aromatic rings. The summed E-state index contributed by atoms with van der Waals surface area (Å²) in [5.74, 6) is 1.78. The maximum atomic E-state index is 10.1. The molecule has 1 atom stereocenters. The third-order valence-electron chi connectivity index (χ3n) is 4.45. The summed E-state index contributed by atoms with van der Waals surface area (Å²) in [6.45, 7) is 14.4. The molecule has 0 aromatic carbocycles. The number of rotatable bonds is 3. The minimum Gasteiger partial charge on any atom is -0.490 e. The largest absolute Gasteiger partial charge is 0.490 e. The Bertz CT molecular complexity index is 313. The molecule has 1 N–H and O–H groups in total. The molecule has 0 radical (unpaired) electrons. The summed E-state index contributed by atoms with van der Waals surface area (Å²) in [5, 5.41) is 10.1. The second-order valence-corrected chi connectivity index (χ2v) is 7.68. The fourth-order valence-corrected chi connectivity index (χ4v) is 2.14. The standard InChI is InChI=1S/C16H30O2/c1-14(2,3)12-8-10-13(11-9-12)18-16(6,7)15(4,5)17/h10,12,17H,8-9,11H2,1-7H3. The Kier molecular flexibility index (Phi) is 4.22. The summed E-state index contributed by atoms with van der Waals surface area (Å²) in [7, 11) is 0. The highest BCUT2D eigenvalue weighted by molar-refractivity contribution is 5.04. The minimum absolute atomic E-state index is 0.369. The van der Waals surface area contributed by atoms with E-state index in [-0.39, 0.29) is 0 Å². The molecule has 0 amide bonds. The van der Waals surface area contributed by atoms with Crippen molar-refractivity contribution < 1.29 is 9.84 Å². The van der Waals surface area contributed by atoms with Crippen LogP contribution in [0.3, 0.4) is 0 Å². The zero-order chi connectivity index (χ0) is 14.2. The van der Waals surface area contributed by atoms with Crippen molar-refractivity contribution in [3.63, 3.8) is 0 Å². The lowest BCUT2D eigenvalue weighted by molar-refractivity contribution is -0.126. The fourth-order valence-electron chi connectivity index (χ4n) is 2.14. The molecule has 106 valence electrons. The van der Waals surface area contributed by atoms with Crippen LogP contribution in [-0.2, 0) is 4.74 Å². The van der Waals surface area contributed by atoms with Gasteiger partial charge in [-0.05, 0) is 57.9 Å².